The maximum Gasteiger partial charge on any atom is 0.217 e. The number of nitrogens with zero attached hydrogens (tertiary/aromatic N) is 2. The number of anilines is 1. The van der Waals surface area contributed by atoms with Crippen LogP contribution in [0.2, 0.25) is 0 Å². The van der Waals surface area contributed by atoms with Crippen LogP contribution in [0.15, 0.2) is 18.2 Å². The fourth-order valence-electron chi connectivity index (χ4n) is 1.90. The largest absolute Gasteiger partial charge is 0.497 e. The summed E-state index contributed by atoms with van der Waals surface area (Å²) in [6, 6.07) is 5.59. The Morgan fingerprint density at radius 3 is 2.94 bits per heavy atom. The summed E-state index contributed by atoms with van der Waals surface area (Å²) in [6.07, 6.45) is 0.992. The van der Waals surface area contributed by atoms with E-state index in [0.29, 0.717) is 25.3 Å². The summed E-state index contributed by atoms with van der Waals surface area (Å²) in [4.78, 5) is 15.0. The molecule has 4 N–H and O–H groups in total. The average molecular weight is 248 g/mol. The van der Waals surface area contributed by atoms with Crippen LogP contribution in [0.3, 0.4) is 0 Å². The summed E-state index contributed by atoms with van der Waals surface area (Å²) in [7, 11) is 1.61. The van der Waals surface area contributed by atoms with E-state index >= 15 is 0 Å². The van der Waals surface area contributed by atoms with Gasteiger partial charge in [-0.05, 0) is 18.6 Å². The number of nitrogen functional groups attached to an aromatic ring is 1. The molecule has 0 spiro atoms. The van der Waals surface area contributed by atoms with Gasteiger partial charge in [0.25, 0.3) is 0 Å². The Kier molecular flexibility index (Phi) is 3.36. The predicted octanol–water partition coefficient (Wildman–Crippen LogP) is 0.893. The highest BCUT2D eigenvalue weighted by molar-refractivity contribution is 5.80. The fraction of sp³-hybridized carbons (Fsp3) is 0.333. The Bertz CT molecular complexity index is 577. The second-order valence-corrected chi connectivity index (χ2v) is 4.05. The standard InChI is InChI=1S/C12H16N4O2/c1-18-8-4-5-10-9(7-8)15-12(14)16(10)6-2-3-11(13)17/h4-5,7H,2-3,6H2,1H3,(H2,13,17)(H2,14,15). The molecule has 18 heavy (non-hydrogen) atoms. The lowest BCUT2D eigenvalue weighted by atomic mass is 10.2. The Balaban J connectivity index is 2.27. The smallest absolute Gasteiger partial charge is 0.217 e. The maximum atomic E-state index is 10.7. The van der Waals surface area contributed by atoms with Gasteiger partial charge >= 0.3 is 0 Å². The first kappa shape index (κ1) is 12.2. The van der Waals surface area contributed by atoms with Crippen LogP contribution in [0.5, 0.6) is 5.75 Å². The highest BCUT2D eigenvalue weighted by Gasteiger charge is 2.09. The topological polar surface area (TPSA) is 96.2 Å². The van der Waals surface area contributed by atoms with Crippen LogP contribution in [-0.2, 0) is 11.3 Å². The van der Waals surface area contributed by atoms with Crippen molar-refractivity contribution in [3.63, 3.8) is 0 Å². The zero-order chi connectivity index (χ0) is 13.1. The van der Waals surface area contributed by atoms with Crippen LogP contribution < -0.4 is 16.2 Å². The number of primary amides is 1. The summed E-state index contributed by atoms with van der Waals surface area (Å²) in [6.45, 7) is 0.623. The molecule has 1 aromatic heterocycles. The quantitative estimate of drug-likeness (QED) is 0.821. The van der Waals surface area contributed by atoms with Crippen molar-refractivity contribution >= 4 is 22.9 Å². The number of ether oxygens (including phenoxy) is 1. The van der Waals surface area contributed by atoms with Crippen molar-refractivity contribution in [2.45, 2.75) is 19.4 Å². The molecule has 2 aromatic rings. The van der Waals surface area contributed by atoms with E-state index in [0.717, 1.165) is 16.8 Å². The van der Waals surface area contributed by atoms with Crippen LogP contribution in [0.1, 0.15) is 12.8 Å². The van der Waals surface area contributed by atoms with Crippen molar-refractivity contribution in [3.05, 3.63) is 18.2 Å². The van der Waals surface area contributed by atoms with Crippen LogP contribution in [0.25, 0.3) is 11.0 Å². The van der Waals surface area contributed by atoms with Gasteiger partial charge < -0.3 is 20.8 Å². The van der Waals surface area contributed by atoms with E-state index in [-0.39, 0.29) is 5.91 Å². The lowest BCUT2D eigenvalue weighted by Gasteiger charge is -2.05. The first-order valence-electron chi connectivity index (χ1n) is 5.70. The Labute approximate surface area is 105 Å². The molecule has 6 nitrogen and oxygen atoms in total. The molecular formula is C12H16N4O2. The van der Waals surface area contributed by atoms with E-state index in [9.17, 15) is 4.79 Å². The molecule has 96 valence electrons. The number of fused-ring (bicyclic) bond motifs is 1. The van der Waals surface area contributed by atoms with Gasteiger partial charge in [-0.2, -0.15) is 0 Å². The second-order valence-electron chi connectivity index (χ2n) is 4.05. The number of carbonyl (C=O) groups is 1. The zero-order valence-corrected chi connectivity index (χ0v) is 10.2. The Morgan fingerprint density at radius 1 is 1.50 bits per heavy atom. The Morgan fingerprint density at radius 2 is 2.28 bits per heavy atom. The normalized spacial score (nSPS) is 10.7. The number of benzene rings is 1. The van der Waals surface area contributed by atoms with Gasteiger partial charge in [-0.15, -0.1) is 0 Å². The van der Waals surface area contributed by atoms with Crippen LogP contribution in [0.4, 0.5) is 5.95 Å². The molecule has 0 atom stereocenters. The van der Waals surface area contributed by atoms with E-state index in [1.807, 2.05) is 22.8 Å². The summed E-state index contributed by atoms with van der Waals surface area (Å²) >= 11 is 0. The number of imidazole rings is 1. The molecule has 0 saturated carbocycles. The first-order valence-corrected chi connectivity index (χ1v) is 5.70. The van der Waals surface area contributed by atoms with Crippen LogP contribution in [-0.4, -0.2) is 22.6 Å². The number of carbonyl (C=O) groups excluding carboxylic acids is 1. The summed E-state index contributed by atoms with van der Waals surface area (Å²) in [5.74, 6) is 0.867. The third-order valence-corrected chi connectivity index (χ3v) is 2.79. The van der Waals surface area contributed by atoms with E-state index in [4.69, 9.17) is 16.2 Å². The minimum atomic E-state index is -0.306. The van der Waals surface area contributed by atoms with E-state index in [1.54, 1.807) is 7.11 Å². The summed E-state index contributed by atoms with van der Waals surface area (Å²) in [5, 5.41) is 0. The number of nitrogens with two attached hydrogens (primary N) is 2. The molecule has 0 bridgehead atoms. The average Bonchev–Trinajstić information content (AvgIpc) is 2.64. The zero-order valence-electron chi connectivity index (χ0n) is 10.2. The number of aromatic nitrogens is 2. The maximum absolute atomic E-state index is 10.7. The lowest BCUT2D eigenvalue weighted by Crippen LogP contribution is -2.12. The lowest BCUT2D eigenvalue weighted by molar-refractivity contribution is -0.118. The fourth-order valence-corrected chi connectivity index (χ4v) is 1.90. The van der Waals surface area contributed by atoms with Gasteiger partial charge in [0.05, 0.1) is 18.1 Å². The number of hydrogen-bond donors (Lipinski definition) is 2. The van der Waals surface area contributed by atoms with E-state index in [2.05, 4.69) is 4.98 Å². The van der Waals surface area contributed by atoms with Gasteiger partial charge in [0, 0.05) is 19.0 Å². The third-order valence-electron chi connectivity index (χ3n) is 2.79. The van der Waals surface area contributed by atoms with Gasteiger partial charge in [0.15, 0.2) is 0 Å². The molecular weight excluding hydrogens is 232 g/mol. The van der Waals surface area contributed by atoms with E-state index in [1.165, 1.54) is 0 Å². The second kappa shape index (κ2) is 4.95. The molecule has 0 unspecified atom stereocenters. The van der Waals surface area contributed by atoms with Gasteiger partial charge in [-0.1, -0.05) is 0 Å². The molecule has 0 aliphatic rings. The first-order chi connectivity index (χ1) is 8.61. The number of methoxy groups -OCH3 is 1. The molecule has 1 amide bonds. The van der Waals surface area contributed by atoms with Crippen LogP contribution in [0, 0.1) is 0 Å². The van der Waals surface area contributed by atoms with Crippen molar-refractivity contribution in [1.82, 2.24) is 9.55 Å². The van der Waals surface area contributed by atoms with Gasteiger partial charge in [-0.3, -0.25) is 4.79 Å². The molecule has 0 fully saturated rings. The van der Waals surface area contributed by atoms with E-state index < -0.39 is 0 Å². The number of hydrogen-bond acceptors (Lipinski definition) is 4. The van der Waals surface area contributed by atoms with Crippen molar-refractivity contribution < 1.29 is 9.53 Å². The van der Waals surface area contributed by atoms with Crippen LogP contribution >= 0.6 is 0 Å². The summed E-state index contributed by atoms with van der Waals surface area (Å²) in [5.41, 5.74) is 12.7. The molecule has 0 aliphatic heterocycles. The third kappa shape index (κ3) is 2.37. The number of amides is 1. The Hall–Kier alpha value is -2.24. The number of aryl methyl sites for hydroxylation is 1. The van der Waals surface area contributed by atoms with Crippen molar-refractivity contribution in [2.75, 3.05) is 12.8 Å². The number of rotatable bonds is 5. The molecule has 6 heteroatoms. The molecule has 0 aliphatic carbocycles. The van der Waals surface area contributed by atoms with Gasteiger partial charge in [0.2, 0.25) is 11.9 Å². The molecule has 1 heterocycles. The minimum Gasteiger partial charge on any atom is -0.497 e. The highest BCUT2D eigenvalue weighted by atomic mass is 16.5. The van der Waals surface area contributed by atoms with Crippen molar-refractivity contribution in [1.29, 1.82) is 0 Å². The monoisotopic (exact) mass is 248 g/mol. The molecule has 1 aromatic carbocycles. The highest BCUT2D eigenvalue weighted by Crippen LogP contribution is 2.23. The van der Waals surface area contributed by atoms with Gasteiger partial charge in [-0.25, -0.2) is 4.98 Å². The van der Waals surface area contributed by atoms with Gasteiger partial charge in [0.1, 0.15) is 5.75 Å². The molecule has 0 saturated heterocycles. The summed E-state index contributed by atoms with van der Waals surface area (Å²) < 4.78 is 7.01. The van der Waals surface area contributed by atoms with Crippen molar-refractivity contribution in [3.8, 4) is 5.75 Å². The molecule has 2 rings (SSSR count). The SMILES string of the molecule is COc1ccc2c(c1)nc(N)n2CCCC(N)=O. The van der Waals surface area contributed by atoms with Crippen molar-refractivity contribution in [2.24, 2.45) is 5.73 Å². The minimum absolute atomic E-state index is 0.306. The molecule has 0 radical (unpaired) electrons. The predicted molar refractivity (Wildman–Crippen MR) is 69.1 cm³/mol.